The molecule has 0 N–H and O–H groups in total. The molecule has 0 aliphatic heterocycles. The first kappa shape index (κ1) is 36.0. The standard InChI is InChI=1S/C58H42O/c59-58-3-1-2-40-4-6-41(7-5-40)42-8-10-43(11-9-42)44-12-14-45(15-13-44)46-16-18-47(19-17-46)48-20-22-49(23-21-48)50-24-26-51(27-25-50)52-28-30-53(31-29-52)54-32-34-55(35-33-54)56-36-38-57(58)39-37-56/h4-39H,1-3H2. The van der Waals surface area contributed by atoms with Crippen LogP contribution in [0, 0.1) is 0 Å². The summed E-state index contributed by atoms with van der Waals surface area (Å²) in [6, 6.07) is 78.6. The number of fused-ring (bicyclic) bond motifs is 1. The quantitative estimate of drug-likeness (QED) is 0.151. The van der Waals surface area contributed by atoms with Crippen LogP contribution in [-0.2, 0) is 6.42 Å². The monoisotopic (exact) mass is 754 g/mol. The fraction of sp³-hybridized carbons (Fsp3) is 0.0517. The first-order valence-corrected chi connectivity index (χ1v) is 20.6. The number of ketones is 1. The van der Waals surface area contributed by atoms with E-state index < -0.39 is 0 Å². The zero-order chi connectivity index (χ0) is 39.5. The number of carbonyl (C=O) groups excluding carboxylic acids is 1. The highest BCUT2D eigenvalue weighted by molar-refractivity contribution is 5.96. The van der Waals surface area contributed by atoms with Gasteiger partial charge in [0.05, 0.1) is 0 Å². The Balaban J connectivity index is 0.919. The van der Waals surface area contributed by atoms with Crippen LogP contribution in [0.1, 0.15) is 28.8 Å². The molecular weight excluding hydrogens is 713 g/mol. The van der Waals surface area contributed by atoms with Gasteiger partial charge in [-0.05, 0) is 107 Å². The van der Waals surface area contributed by atoms with E-state index in [1.165, 1.54) is 83.5 Å². The van der Waals surface area contributed by atoms with Gasteiger partial charge in [-0.15, -0.1) is 0 Å². The van der Waals surface area contributed by atoms with Crippen molar-refractivity contribution in [2.75, 3.05) is 0 Å². The highest BCUT2D eigenvalue weighted by Gasteiger charge is 2.10. The molecule has 0 aromatic heterocycles. The van der Waals surface area contributed by atoms with Crippen molar-refractivity contribution in [3.8, 4) is 89.0 Å². The Morgan fingerprint density at radius 1 is 0.186 bits per heavy atom. The second-order valence-corrected chi connectivity index (χ2v) is 15.6. The minimum Gasteiger partial charge on any atom is -0.294 e. The van der Waals surface area contributed by atoms with Gasteiger partial charge in [0.15, 0.2) is 5.78 Å². The van der Waals surface area contributed by atoms with E-state index in [9.17, 15) is 4.79 Å². The first-order chi connectivity index (χ1) is 29.1. The molecule has 59 heavy (non-hydrogen) atoms. The lowest BCUT2D eigenvalue weighted by Gasteiger charge is -2.10. The van der Waals surface area contributed by atoms with Crippen molar-refractivity contribution in [2.45, 2.75) is 19.3 Å². The molecule has 0 saturated heterocycles. The molecule has 18 bridgehead atoms. The Morgan fingerprint density at radius 3 is 0.525 bits per heavy atom. The van der Waals surface area contributed by atoms with Crippen molar-refractivity contribution in [1.82, 2.24) is 0 Å². The lowest BCUT2D eigenvalue weighted by Crippen LogP contribution is -2.00. The highest BCUT2D eigenvalue weighted by atomic mass is 16.1. The zero-order valence-corrected chi connectivity index (χ0v) is 32.8. The Morgan fingerprint density at radius 2 is 0.339 bits per heavy atom. The maximum atomic E-state index is 13.1. The van der Waals surface area contributed by atoms with Crippen molar-refractivity contribution >= 4 is 5.78 Å². The molecule has 0 heterocycles. The van der Waals surface area contributed by atoms with Crippen molar-refractivity contribution in [1.29, 1.82) is 0 Å². The fourth-order valence-corrected chi connectivity index (χ4v) is 8.30. The molecule has 1 nitrogen and oxygen atoms in total. The van der Waals surface area contributed by atoms with Crippen LogP contribution in [0.4, 0.5) is 0 Å². The summed E-state index contributed by atoms with van der Waals surface area (Å²) in [4.78, 5) is 13.1. The smallest absolute Gasteiger partial charge is 0.162 e. The summed E-state index contributed by atoms with van der Waals surface area (Å²) in [6.07, 6.45) is 2.23. The van der Waals surface area contributed by atoms with E-state index in [-0.39, 0.29) is 5.78 Å². The van der Waals surface area contributed by atoms with E-state index in [2.05, 4.69) is 206 Å². The number of rotatable bonds is 0. The van der Waals surface area contributed by atoms with Gasteiger partial charge in [0, 0.05) is 12.0 Å². The molecule has 23 rings (SSSR count). The summed E-state index contributed by atoms with van der Waals surface area (Å²) in [5, 5.41) is 0. The van der Waals surface area contributed by atoms with Gasteiger partial charge < -0.3 is 0 Å². The number of hydrogen-bond donors (Lipinski definition) is 0. The van der Waals surface area contributed by atoms with Crippen molar-refractivity contribution in [3.05, 3.63) is 230 Å². The van der Waals surface area contributed by atoms with E-state index >= 15 is 0 Å². The normalized spacial score (nSPS) is 12.2. The molecule has 0 fully saturated rings. The van der Waals surface area contributed by atoms with Gasteiger partial charge in [-0.25, -0.2) is 0 Å². The predicted molar refractivity (Wildman–Crippen MR) is 247 cm³/mol. The summed E-state index contributed by atoms with van der Waals surface area (Å²) in [5.74, 6) is 0.190. The number of benzene rings is 9. The summed E-state index contributed by atoms with van der Waals surface area (Å²) in [6.45, 7) is 0. The topological polar surface area (TPSA) is 17.1 Å². The number of hydrogen-bond acceptors (Lipinski definition) is 1. The third kappa shape index (κ3) is 7.72. The summed E-state index contributed by atoms with van der Waals surface area (Å²) in [5.41, 5.74) is 21.0. The second-order valence-electron chi connectivity index (χ2n) is 15.6. The Hall–Kier alpha value is -7.35. The third-order valence-electron chi connectivity index (χ3n) is 11.9. The van der Waals surface area contributed by atoms with Crippen molar-refractivity contribution < 1.29 is 4.79 Å². The van der Waals surface area contributed by atoms with Crippen LogP contribution in [-0.4, -0.2) is 5.78 Å². The lowest BCUT2D eigenvalue weighted by atomic mass is 9.95. The summed E-state index contributed by atoms with van der Waals surface area (Å²) in [7, 11) is 0. The van der Waals surface area contributed by atoms with E-state index in [0.29, 0.717) is 6.42 Å². The number of aryl methyl sites for hydroxylation is 1. The fourth-order valence-electron chi connectivity index (χ4n) is 8.30. The van der Waals surface area contributed by atoms with Gasteiger partial charge in [0.1, 0.15) is 0 Å². The highest BCUT2D eigenvalue weighted by Crippen LogP contribution is 2.33. The molecule has 0 saturated carbocycles. The molecule has 0 unspecified atom stereocenters. The van der Waals surface area contributed by atoms with Crippen LogP contribution in [0.25, 0.3) is 89.0 Å². The van der Waals surface area contributed by atoms with Gasteiger partial charge in [-0.2, -0.15) is 0 Å². The zero-order valence-electron chi connectivity index (χ0n) is 32.8. The minimum absolute atomic E-state index is 0.190. The second kappa shape index (κ2) is 15.9. The van der Waals surface area contributed by atoms with E-state index in [0.717, 1.165) is 29.5 Å². The minimum atomic E-state index is 0.190. The van der Waals surface area contributed by atoms with Gasteiger partial charge in [-0.3, -0.25) is 4.79 Å². The van der Waals surface area contributed by atoms with Gasteiger partial charge >= 0.3 is 0 Å². The average molecular weight is 755 g/mol. The summed E-state index contributed by atoms with van der Waals surface area (Å²) < 4.78 is 0. The molecule has 9 aromatic rings. The van der Waals surface area contributed by atoms with Crippen LogP contribution in [0.3, 0.4) is 0 Å². The molecule has 0 radical (unpaired) electrons. The van der Waals surface area contributed by atoms with Crippen LogP contribution in [0.15, 0.2) is 218 Å². The van der Waals surface area contributed by atoms with E-state index in [1.807, 2.05) is 12.1 Å². The number of carbonyl (C=O) groups is 1. The Labute approximate surface area is 347 Å². The molecule has 1 heteroatoms. The van der Waals surface area contributed by atoms with Crippen LogP contribution >= 0.6 is 0 Å². The van der Waals surface area contributed by atoms with Crippen LogP contribution in [0.5, 0.6) is 0 Å². The maximum absolute atomic E-state index is 13.1. The van der Waals surface area contributed by atoms with Gasteiger partial charge in [-0.1, -0.05) is 218 Å². The summed E-state index contributed by atoms with van der Waals surface area (Å²) >= 11 is 0. The first-order valence-electron chi connectivity index (χ1n) is 20.6. The van der Waals surface area contributed by atoms with Gasteiger partial charge in [0.25, 0.3) is 0 Å². The molecular formula is C58H42O. The Bertz CT molecular complexity index is 2850. The SMILES string of the molecule is O=C1CCCc2ccc(cc2)-c2ccc(cc2)-c2ccc(cc2)-c2ccc(cc2)-c2ccc(cc2)-c2ccc(cc2)-c2ccc(cc2)-c2ccc(cc2)-c2ccc1cc2. The van der Waals surface area contributed by atoms with Crippen molar-refractivity contribution in [2.24, 2.45) is 0 Å². The molecule has 280 valence electrons. The van der Waals surface area contributed by atoms with Crippen LogP contribution in [0.2, 0.25) is 0 Å². The predicted octanol–water partition coefficient (Wildman–Crippen LogP) is 15.5. The van der Waals surface area contributed by atoms with E-state index in [4.69, 9.17) is 0 Å². The molecule has 0 amide bonds. The van der Waals surface area contributed by atoms with Crippen LogP contribution < -0.4 is 0 Å². The molecule has 9 aromatic carbocycles. The van der Waals surface area contributed by atoms with Gasteiger partial charge in [0.2, 0.25) is 0 Å². The molecule has 0 spiro atoms. The lowest BCUT2D eigenvalue weighted by molar-refractivity contribution is 0.0980. The third-order valence-corrected chi connectivity index (χ3v) is 11.9. The average Bonchev–Trinajstić information content (AvgIpc) is 3.32. The molecule has 14 aliphatic carbocycles. The maximum Gasteiger partial charge on any atom is 0.162 e. The Kier molecular flexibility index (Phi) is 9.70. The molecule has 14 aliphatic rings. The van der Waals surface area contributed by atoms with Crippen molar-refractivity contribution in [3.63, 3.8) is 0 Å². The number of Topliss-reactive ketones (excluding diaryl/α,β-unsaturated/α-hetero) is 1. The van der Waals surface area contributed by atoms with E-state index in [1.54, 1.807) is 0 Å². The largest absolute Gasteiger partial charge is 0.294 e. The molecule has 0 atom stereocenters.